The first-order valence-electron chi connectivity index (χ1n) is 23.9. The molecule has 0 aromatic carbocycles. The standard InChI is InChI=1S/4C12H22O4.Sn/c4*1-3-5-7-10(9-11(13)14)12(15)16-8-6-4-2;/h4*10H,3-9H2,1-2H3,(H,13,14);/q;;;;+4/p-4. The minimum absolute atomic E-state index is 0. The second kappa shape index (κ2) is 51.5. The third-order valence-electron chi connectivity index (χ3n) is 9.58. The number of hydrogen-bond acceptors (Lipinski definition) is 16. The van der Waals surface area contributed by atoms with E-state index >= 15 is 0 Å². The number of carbonyl (C=O) groups excluding carboxylic acids is 8. The summed E-state index contributed by atoms with van der Waals surface area (Å²) in [5, 5.41) is 42.0. The minimum atomic E-state index is -1.19. The van der Waals surface area contributed by atoms with Crippen molar-refractivity contribution in [2.45, 2.75) is 209 Å². The van der Waals surface area contributed by atoms with Crippen LogP contribution in [-0.4, -0.2) is 98.1 Å². The van der Waals surface area contributed by atoms with Gasteiger partial charge >= 0.3 is 47.8 Å². The predicted molar refractivity (Wildman–Crippen MR) is 240 cm³/mol. The van der Waals surface area contributed by atoms with E-state index in [0.717, 1.165) is 103 Å². The zero-order valence-electron chi connectivity index (χ0n) is 41.1. The van der Waals surface area contributed by atoms with Gasteiger partial charge in [-0.2, -0.15) is 0 Å². The van der Waals surface area contributed by atoms with E-state index in [-0.39, 0.29) is 49.6 Å². The number of aliphatic carboxylic acids is 4. The number of carboxylic acid groups (broad SMARTS) is 4. The van der Waals surface area contributed by atoms with Gasteiger partial charge in [-0.1, -0.05) is 132 Å². The molecule has 0 aliphatic rings. The van der Waals surface area contributed by atoms with Gasteiger partial charge in [0.25, 0.3) is 0 Å². The van der Waals surface area contributed by atoms with Gasteiger partial charge in [-0.3, -0.25) is 19.2 Å². The Morgan fingerprint density at radius 2 is 0.462 bits per heavy atom. The van der Waals surface area contributed by atoms with E-state index in [1.807, 2.05) is 55.4 Å². The Morgan fingerprint density at radius 3 is 0.585 bits per heavy atom. The first kappa shape index (κ1) is 70.6. The van der Waals surface area contributed by atoms with Crippen molar-refractivity contribution in [1.29, 1.82) is 0 Å². The topological polar surface area (TPSA) is 266 Å². The molecule has 0 radical (unpaired) electrons. The molecule has 0 amide bonds. The molecule has 0 bridgehead atoms. The van der Waals surface area contributed by atoms with Gasteiger partial charge in [0.15, 0.2) is 0 Å². The fourth-order valence-electron chi connectivity index (χ4n) is 5.56. The van der Waals surface area contributed by atoms with E-state index in [4.69, 9.17) is 18.9 Å². The molecule has 0 N–H and O–H groups in total. The van der Waals surface area contributed by atoms with Crippen LogP contribution in [-0.2, 0) is 57.3 Å². The maximum Gasteiger partial charge on any atom is 4.00 e. The number of carboxylic acids is 4. The van der Waals surface area contributed by atoms with Crippen molar-refractivity contribution < 1.29 is 77.7 Å². The first-order valence-corrected chi connectivity index (χ1v) is 23.9. The van der Waals surface area contributed by atoms with Crippen LogP contribution in [0.5, 0.6) is 0 Å². The Balaban J connectivity index is -0.000000245. The molecule has 0 fully saturated rings. The third kappa shape index (κ3) is 49.8. The average molecular weight is 1040 g/mol. The normalized spacial score (nSPS) is 11.9. The van der Waals surface area contributed by atoms with E-state index in [0.29, 0.717) is 52.1 Å². The molecule has 65 heavy (non-hydrogen) atoms. The molecule has 0 rings (SSSR count). The molecule has 16 nitrogen and oxygen atoms in total. The van der Waals surface area contributed by atoms with E-state index in [1.165, 1.54) is 0 Å². The molecule has 17 heteroatoms. The van der Waals surface area contributed by atoms with Crippen LogP contribution in [0.2, 0.25) is 0 Å². The molecule has 0 aliphatic heterocycles. The second-order valence-electron chi connectivity index (χ2n) is 15.7. The van der Waals surface area contributed by atoms with E-state index < -0.39 is 71.4 Å². The number of hydrogen-bond donors (Lipinski definition) is 0. The largest absolute Gasteiger partial charge is 4.00 e. The maximum atomic E-state index is 11.5. The van der Waals surface area contributed by atoms with Crippen molar-refractivity contribution >= 4 is 71.7 Å². The Labute approximate surface area is 407 Å². The molecule has 4 unspecified atom stereocenters. The molecule has 0 aliphatic carbocycles. The Kier molecular flexibility index (Phi) is 56.0. The Bertz CT molecular complexity index is 1040. The van der Waals surface area contributed by atoms with Gasteiger partial charge in [-0.25, -0.2) is 0 Å². The van der Waals surface area contributed by atoms with Gasteiger partial charge in [0.2, 0.25) is 0 Å². The van der Waals surface area contributed by atoms with Crippen LogP contribution < -0.4 is 20.4 Å². The quantitative estimate of drug-likeness (QED) is 0.0355. The number of esters is 4. The van der Waals surface area contributed by atoms with Crippen molar-refractivity contribution in [2.75, 3.05) is 26.4 Å². The summed E-state index contributed by atoms with van der Waals surface area (Å²) in [4.78, 5) is 88.1. The molecular weight excluding hydrogens is 951 g/mol. The van der Waals surface area contributed by atoms with Crippen molar-refractivity contribution in [3.8, 4) is 0 Å². The molecule has 4 atom stereocenters. The van der Waals surface area contributed by atoms with Gasteiger partial charge in [-0.15, -0.1) is 0 Å². The summed E-state index contributed by atoms with van der Waals surface area (Å²) in [6.07, 6.45) is 15.5. The monoisotopic (exact) mass is 1040 g/mol. The number of ether oxygens (including phenoxy) is 4. The Morgan fingerprint density at radius 1 is 0.308 bits per heavy atom. The van der Waals surface area contributed by atoms with Gasteiger partial charge < -0.3 is 58.6 Å². The van der Waals surface area contributed by atoms with Gasteiger partial charge in [-0.05, 0) is 51.4 Å². The predicted octanol–water partition coefficient (Wildman–Crippen LogP) is 4.72. The maximum absolute atomic E-state index is 11.5. The molecule has 0 heterocycles. The van der Waals surface area contributed by atoms with Crippen molar-refractivity contribution in [2.24, 2.45) is 23.7 Å². The molecule has 0 aromatic heterocycles. The van der Waals surface area contributed by atoms with Gasteiger partial charge in [0.05, 0.1) is 50.1 Å². The molecule has 0 saturated heterocycles. The molecule has 0 spiro atoms. The summed E-state index contributed by atoms with van der Waals surface area (Å²) < 4.78 is 20.0. The van der Waals surface area contributed by atoms with Gasteiger partial charge in [0, 0.05) is 49.6 Å². The molecular formula is C48H84O16Sn. The fraction of sp³-hybridized carbons (Fsp3) is 0.833. The minimum Gasteiger partial charge on any atom is -0.550 e. The van der Waals surface area contributed by atoms with Crippen LogP contribution >= 0.6 is 0 Å². The van der Waals surface area contributed by atoms with E-state index in [2.05, 4.69) is 0 Å². The van der Waals surface area contributed by atoms with Crippen LogP contribution in [0.3, 0.4) is 0 Å². The van der Waals surface area contributed by atoms with Crippen molar-refractivity contribution in [1.82, 2.24) is 0 Å². The summed E-state index contributed by atoms with van der Waals surface area (Å²) in [6, 6.07) is 0. The molecule has 0 saturated carbocycles. The van der Waals surface area contributed by atoms with Crippen molar-refractivity contribution in [3.63, 3.8) is 0 Å². The Hall–Kier alpha value is -3.44. The third-order valence-corrected chi connectivity index (χ3v) is 9.58. The fourth-order valence-corrected chi connectivity index (χ4v) is 5.56. The average Bonchev–Trinajstić information content (AvgIpc) is 3.24. The number of unbranched alkanes of at least 4 members (excludes halogenated alkanes) is 8. The number of carbonyl (C=O) groups is 8. The first-order chi connectivity index (χ1) is 30.5. The van der Waals surface area contributed by atoms with E-state index in [9.17, 15) is 58.8 Å². The van der Waals surface area contributed by atoms with Crippen LogP contribution in [0, 0.1) is 23.7 Å². The molecule has 376 valence electrons. The van der Waals surface area contributed by atoms with Crippen LogP contribution in [0.15, 0.2) is 0 Å². The summed E-state index contributed by atoms with van der Waals surface area (Å²) in [5.41, 5.74) is 0. The number of rotatable bonds is 36. The van der Waals surface area contributed by atoms with Gasteiger partial charge in [0.1, 0.15) is 0 Å². The molecule has 0 aromatic rings. The van der Waals surface area contributed by atoms with Crippen LogP contribution in [0.4, 0.5) is 0 Å². The van der Waals surface area contributed by atoms with Crippen LogP contribution in [0.25, 0.3) is 0 Å². The SMILES string of the molecule is CCCCOC(=O)C(CCCC)CC(=O)[O-].CCCCOC(=O)C(CCCC)CC(=O)[O-].CCCCOC(=O)C(CCCC)CC(=O)[O-].CCCCOC(=O)C(CCCC)CC(=O)[O-].[Sn+4]. The van der Waals surface area contributed by atoms with Crippen molar-refractivity contribution in [3.05, 3.63) is 0 Å². The zero-order valence-corrected chi connectivity index (χ0v) is 44.0. The second-order valence-corrected chi connectivity index (χ2v) is 15.7. The van der Waals surface area contributed by atoms with Crippen LogP contribution in [0.1, 0.15) is 209 Å². The summed E-state index contributed by atoms with van der Waals surface area (Å²) in [7, 11) is 0. The summed E-state index contributed by atoms with van der Waals surface area (Å²) in [5.74, 6) is -8.49. The smallest absolute Gasteiger partial charge is 0.550 e. The zero-order chi connectivity index (χ0) is 49.6. The summed E-state index contributed by atoms with van der Waals surface area (Å²) in [6.45, 7) is 17.5. The van der Waals surface area contributed by atoms with E-state index in [1.54, 1.807) is 0 Å². The summed E-state index contributed by atoms with van der Waals surface area (Å²) >= 11 is 0.